The molecule has 92 valence electrons. The Bertz CT molecular complexity index is 266. The Morgan fingerprint density at radius 2 is 2.19 bits per heavy atom. The fourth-order valence-electron chi connectivity index (χ4n) is 1.91. The first-order chi connectivity index (χ1) is 7.54. The zero-order valence-corrected chi connectivity index (χ0v) is 10.5. The molecule has 0 aromatic heterocycles. The quantitative estimate of drug-likeness (QED) is 0.718. The fourth-order valence-corrected chi connectivity index (χ4v) is 1.91. The molecule has 2 atom stereocenters. The molecule has 2 unspecified atom stereocenters. The summed E-state index contributed by atoms with van der Waals surface area (Å²) in [6.45, 7) is 7.44. The zero-order chi connectivity index (χ0) is 12.1. The van der Waals surface area contributed by atoms with Crippen molar-refractivity contribution >= 4 is 11.8 Å². The molecule has 1 rings (SSSR count). The number of hydrogen-bond donors (Lipinski definition) is 1. The van der Waals surface area contributed by atoms with E-state index in [2.05, 4.69) is 12.2 Å². The molecule has 0 spiro atoms. The molecule has 1 heterocycles. The minimum atomic E-state index is -0.455. The van der Waals surface area contributed by atoms with Crippen LogP contribution in [0.3, 0.4) is 0 Å². The van der Waals surface area contributed by atoms with Gasteiger partial charge in [0.25, 0.3) is 0 Å². The van der Waals surface area contributed by atoms with E-state index >= 15 is 0 Å². The molecule has 0 radical (unpaired) electrons. The first-order valence-electron chi connectivity index (χ1n) is 6.14. The van der Waals surface area contributed by atoms with Gasteiger partial charge in [-0.2, -0.15) is 0 Å². The first-order valence-corrected chi connectivity index (χ1v) is 6.14. The van der Waals surface area contributed by atoms with Crippen molar-refractivity contribution in [1.82, 2.24) is 10.2 Å². The highest BCUT2D eigenvalue weighted by Crippen LogP contribution is 2.15. The molecule has 0 bridgehead atoms. The van der Waals surface area contributed by atoms with Crippen LogP contribution in [0, 0.1) is 5.92 Å². The normalized spacial score (nSPS) is 22.7. The van der Waals surface area contributed by atoms with Crippen LogP contribution in [0.4, 0.5) is 0 Å². The van der Waals surface area contributed by atoms with Crippen LogP contribution in [-0.2, 0) is 9.59 Å². The Labute approximate surface area is 97.4 Å². The summed E-state index contributed by atoms with van der Waals surface area (Å²) >= 11 is 0. The van der Waals surface area contributed by atoms with Crippen LogP contribution in [0.2, 0.25) is 0 Å². The predicted octanol–water partition coefficient (Wildman–Crippen LogP) is 1.16. The molecule has 0 aromatic rings. The summed E-state index contributed by atoms with van der Waals surface area (Å²) in [5, 5.41) is 2.71. The molecule has 1 aliphatic heterocycles. The highest BCUT2D eigenvalue weighted by molar-refractivity contribution is 6.35. The topological polar surface area (TPSA) is 49.4 Å². The van der Waals surface area contributed by atoms with Crippen LogP contribution in [0.5, 0.6) is 0 Å². The molecular weight excluding hydrogens is 204 g/mol. The van der Waals surface area contributed by atoms with Gasteiger partial charge in [-0.05, 0) is 32.1 Å². The van der Waals surface area contributed by atoms with Crippen LogP contribution in [0.1, 0.15) is 40.0 Å². The monoisotopic (exact) mass is 226 g/mol. The largest absolute Gasteiger partial charge is 0.345 e. The van der Waals surface area contributed by atoms with Crippen molar-refractivity contribution in [3.63, 3.8) is 0 Å². The summed E-state index contributed by atoms with van der Waals surface area (Å²) in [6.07, 6.45) is 3.00. The lowest BCUT2D eigenvalue weighted by Crippen LogP contribution is -2.48. The molecule has 2 amide bonds. The molecule has 16 heavy (non-hydrogen) atoms. The first kappa shape index (κ1) is 13.0. The molecule has 0 aliphatic carbocycles. The Morgan fingerprint density at radius 1 is 1.50 bits per heavy atom. The standard InChI is InChI=1S/C12H22N2O2/c1-4-10(3)13-11(15)12(16)14-7-5-6-9(2)8-14/h9-10H,4-8H2,1-3H3,(H,13,15). The van der Waals surface area contributed by atoms with Crippen LogP contribution in [0.25, 0.3) is 0 Å². The van der Waals surface area contributed by atoms with Gasteiger partial charge < -0.3 is 10.2 Å². The molecule has 1 fully saturated rings. The van der Waals surface area contributed by atoms with E-state index in [1.54, 1.807) is 4.90 Å². The number of carbonyl (C=O) groups excluding carboxylic acids is 2. The van der Waals surface area contributed by atoms with Crippen LogP contribution >= 0.6 is 0 Å². The van der Waals surface area contributed by atoms with E-state index in [1.165, 1.54) is 0 Å². The van der Waals surface area contributed by atoms with Gasteiger partial charge in [-0.15, -0.1) is 0 Å². The highest BCUT2D eigenvalue weighted by atomic mass is 16.2. The predicted molar refractivity (Wildman–Crippen MR) is 62.9 cm³/mol. The number of hydrogen-bond acceptors (Lipinski definition) is 2. The van der Waals surface area contributed by atoms with Gasteiger partial charge >= 0.3 is 11.8 Å². The summed E-state index contributed by atoms with van der Waals surface area (Å²) in [7, 11) is 0. The summed E-state index contributed by atoms with van der Waals surface area (Å²) in [6, 6.07) is 0.0682. The molecule has 4 heteroatoms. The molecule has 1 saturated heterocycles. The maximum absolute atomic E-state index is 11.8. The smallest absolute Gasteiger partial charge is 0.311 e. The fraction of sp³-hybridized carbons (Fsp3) is 0.833. The zero-order valence-electron chi connectivity index (χ0n) is 10.5. The van der Waals surface area contributed by atoms with E-state index in [9.17, 15) is 9.59 Å². The van der Waals surface area contributed by atoms with Gasteiger partial charge in [-0.1, -0.05) is 13.8 Å². The number of likely N-dealkylation sites (tertiary alicyclic amines) is 1. The van der Waals surface area contributed by atoms with Gasteiger partial charge in [-0.25, -0.2) is 0 Å². The maximum Gasteiger partial charge on any atom is 0.311 e. The Hall–Kier alpha value is -1.06. The summed E-state index contributed by atoms with van der Waals surface area (Å²) in [5.74, 6) is -0.315. The third-order valence-electron chi connectivity index (χ3n) is 3.13. The maximum atomic E-state index is 11.8. The minimum Gasteiger partial charge on any atom is -0.345 e. The molecule has 1 N–H and O–H groups in total. The van der Waals surface area contributed by atoms with Crippen molar-refractivity contribution in [2.45, 2.75) is 46.1 Å². The summed E-state index contributed by atoms with van der Waals surface area (Å²) < 4.78 is 0. The molecule has 0 saturated carbocycles. The van der Waals surface area contributed by atoms with Crippen LogP contribution < -0.4 is 5.32 Å². The number of carbonyl (C=O) groups is 2. The number of nitrogens with zero attached hydrogens (tertiary/aromatic N) is 1. The SMILES string of the molecule is CCC(C)NC(=O)C(=O)N1CCCC(C)C1. The molecular formula is C12H22N2O2. The van der Waals surface area contributed by atoms with Crippen LogP contribution in [-0.4, -0.2) is 35.8 Å². The third kappa shape index (κ3) is 3.51. The number of piperidine rings is 1. The molecule has 1 aliphatic rings. The molecule has 0 aromatic carbocycles. The lowest BCUT2D eigenvalue weighted by Gasteiger charge is -2.30. The van der Waals surface area contributed by atoms with E-state index in [0.717, 1.165) is 25.8 Å². The third-order valence-corrected chi connectivity index (χ3v) is 3.13. The van der Waals surface area contributed by atoms with Crippen molar-refractivity contribution in [1.29, 1.82) is 0 Å². The summed E-state index contributed by atoms with van der Waals surface area (Å²) in [5.41, 5.74) is 0. The van der Waals surface area contributed by atoms with Gasteiger partial charge in [0.2, 0.25) is 0 Å². The second kappa shape index (κ2) is 5.87. The van der Waals surface area contributed by atoms with Gasteiger partial charge in [0, 0.05) is 19.1 Å². The van der Waals surface area contributed by atoms with Crippen LogP contribution in [0.15, 0.2) is 0 Å². The van der Waals surface area contributed by atoms with Crippen molar-refractivity contribution in [2.24, 2.45) is 5.92 Å². The van der Waals surface area contributed by atoms with E-state index in [4.69, 9.17) is 0 Å². The average molecular weight is 226 g/mol. The van der Waals surface area contributed by atoms with Gasteiger partial charge in [0.1, 0.15) is 0 Å². The second-order valence-corrected chi connectivity index (χ2v) is 4.78. The van der Waals surface area contributed by atoms with Crippen molar-refractivity contribution in [3.8, 4) is 0 Å². The highest BCUT2D eigenvalue weighted by Gasteiger charge is 2.26. The van der Waals surface area contributed by atoms with Crippen molar-refractivity contribution < 1.29 is 9.59 Å². The summed E-state index contributed by atoms with van der Waals surface area (Å²) in [4.78, 5) is 25.1. The van der Waals surface area contributed by atoms with E-state index in [0.29, 0.717) is 12.5 Å². The number of amides is 2. The van der Waals surface area contributed by atoms with E-state index in [-0.39, 0.29) is 11.9 Å². The van der Waals surface area contributed by atoms with E-state index < -0.39 is 5.91 Å². The van der Waals surface area contributed by atoms with Gasteiger partial charge in [-0.3, -0.25) is 9.59 Å². The minimum absolute atomic E-state index is 0.0682. The molecule has 4 nitrogen and oxygen atoms in total. The van der Waals surface area contributed by atoms with E-state index in [1.807, 2.05) is 13.8 Å². The van der Waals surface area contributed by atoms with Crippen molar-refractivity contribution in [2.75, 3.05) is 13.1 Å². The number of nitrogens with one attached hydrogen (secondary N) is 1. The lowest BCUT2D eigenvalue weighted by molar-refractivity contribution is -0.147. The Balaban J connectivity index is 2.46. The van der Waals surface area contributed by atoms with Crippen molar-refractivity contribution in [3.05, 3.63) is 0 Å². The second-order valence-electron chi connectivity index (χ2n) is 4.78. The Kier molecular flexibility index (Phi) is 4.77. The van der Waals surface area contributed by atoms with Gasteiger partial charge in [0.05, 0.1) is 0 Å². The average Bonchev–Trinajstić information content (AvgIpc) is 2.27. The van der Waals surface area contributed by atoms with Gasteiger partial charge in [0.15, 0.2) is 0 Å². The Morgan fingerprint density at radius 3 is 2.75 bits per heavy atom. The lowest BCUT2D eigenvalue weighted by atomic mass is 10.0. The number of rotatable bonds is 2.